The van der Waals surface area contributed by atoms with Gasteiger partial charge in [0.25, 0.3) is 0 Å². The second-order valence-electron chi connectivity index (χ2n) is 5.94. The molecule has 126 valence electrons. The van der Waals surface area contributed by atoms with Crippen LogP contribution in [0.5, 0.6) is 0 Å². The van der Waals surface area contributed by atoms with E-state index < -0.39 is 6.04 Å². The minimum absolute atomic E-state index is 0.0352. The lowest BCUT2D eigenvalue weighted by Gasteiger charge is -2.32. The third-order valence-corrected chi connectivity index (χ3v) is 4.33. The van der Waals surface area contributed by atoms with Gasteiger partial charge in [0, 0.05) is 10.7 Å². The van der Waals surface area contributed by atoms with E-state index in [1.54, 1.807) is 23.2 Å². The molecule has 7 nitrogen and oxygen atoms in total. The van der Waals surface area contributed by atoms with E-state index in [-0.39, 0.29) is 18.2 Å². The van der Waals surface area contributed by atoms with Crippen molar-refractivity contribution in [1.82, 2.24) is 15.8 Å². The van der Waals surface area contributed by atoms with E-state index in [0.29, 0.717) is 22.5 Å². The third kappa shape index (κ3) is 2.94. The molecule has 2 aliphatic heterocycles. The Bertz CT molecular complexity index is 783. The highest BCUT2D eigenvalue weighted by molar-refractivity contribution is 6.31. The highest BCUT2D eigenvalue weighted by Crippen LogP contribution is 2.24. The van der Waals surface area contributed by atoms with E-state index in [2.05, 4.69) is 21.1 Å². The first kappa shape index (κ1) is 16.3. The number of hydrazine groups is 1. The molecule has 1 aromatic rings. The number of hydrogen-bond donors (Lipinski definition) is 3. The van der Waals surface area contributed by atoms with E-state index in [0.717, 1.165) is 11.1 Å². The molecule has 0 aliphatic carbocycles. The van der Waals surface area contributed by atoms with Crippen molar-refractivity contribution in [1.29, 1.82) is 0 Å². The van der Waals surface area contributed by atoms with Gasteiger partial charge in [-0.3, -0.25) is 20.3 Å². The van der Waals surface area contributed by atoms with Crippen molar-refractivity contribution in [2.45, 2.75) is 33.2 Å². The number of halogens is 1. The van der Waals surface area contributed by atoms with Crippen LogP contribution in [0.3, 0.4) is 0 Å². The average molecular weight is 348 g/mol. The van der Waals surface area contributed by atoms with Crippen molar-refractivity contribution >= 4 is 35.1 Å². The van der Waals surface area contributed by atoms with Gasteiger partial charge in [-0.05, 0) is 44.0 Å². The third-order valence-electron chi connectivity index (χ3n) is 3.92. The zero-order valence-electron chi connectivity index (χ0n) is 13.6. The Balaban J connectivity index is 1.84. The summed E-state index contributed by atoms with van der Waals surface area (Å²) in [6, 6.07) is 4.60. The number of anilines is 1. The van der Waals surface area contributed by atoms with Crippen LogP contribution in [-0.2, 0) is 9.59 Å². The molecule has 1 fully saturated rings. The Morgan fingerprint density at radius 1 is 1.42 bits per heavy atom. The number of fused-ring (bicyclic) bond motifs is 1. The molecule has 24 heavy (non-hydrogen) atoms. The van der Waals surface area contributed by atoms with Crippen LogP contribution in [0.4, 0.5) is 5.69 Å². The number of guanidine groups is 1. The lowest BCUT2D eigenvalue weighted by molar-refractivity contribution is -0.129. The van der Waals surface area contributed by atoms with Gasteiger partial charge in [-0.2, -0.15) is 4.99 Å². The first-order valence-electron chi connectivity index (χ1n) is 7.54. The summed E-state index contributed by atoms with van der Waals surface area (Å²) in [7, 11) is 0. The molecule has 0 spiro atoms. The van der Waals surface area contributed by atoms with Gasteiger partial charge in [0.05, 0.1) is 6.42 Å². The molecule has 0 saturated carbocycles. The van der Waals surface area contributed by atoms with Crippen molar-refractivity contribution in [3.05, 3.63) is 40.2 Å². The number of allylic oxidation sites excluding steroid dienone is 1. The van der Waals surface area contributed by atoms with Gasteiger partial charge in [-0.1, -0.05) is 17.7 Å². The monoisotopic (exact) mass is 347 g/mol. The van der Waals surface area contributed by atoms with Crippen LogP contribution >= 0.6 is 11.6 Å². The Labute approximate surface area is 144 Å². The number of aliphatic imine (C=N–C) groups is 1. The molecule has 0 radical (unpaired) electrons. The van der Waals surface area contributed by atoms with Crippen LogP contribution in [0.25, 0.3) is 0 Å². The molecule has 3 N–H and O–H groups in total. The summed E-state index contributed by atoms with van der Waals surface area (Å²) in [6.45, 7) is 5.63. The molecule has 1 unspecified atom stereocenters. The van der Waals surface area contributed by atoms with Crippen molar-refractivity contribution in [2.24, 2.45) is 4.99 Å². The zero-order valence-corrected chi connectivity index (χ0v) is 14.4. The van der Waals surface area contributed by atoms with E-state index in [1.165, 1.54) is 0 Å². The zero-order chi connectivity index (χ0) is 17.4. The van der Waals surface area contributed by atoms with Crippen molar-refractivity contribution in [2.75, 3.05) is 5.32 Å². The van der Waals surface area contributed by atoms with Gasteiger partial charge >= 0.3 is 0 Å². The maximum Gasteiger partial charge on any atom is 0.249 e. The molecule has 2 heterocycles. The first-order valence-corrected chi connectivity index (χ1v) is 7.92. The summed E-state index contributed by atoms with van der Waals surface area (Å²) in [4.78, 5) is 28.9. The van der Waals surface area contributed by atoms with E-state index in [9.17, 15) is 9.59 Å². The molecule has 0 aromatic heterocycles. The van der Waals surface area contributed by atoms with Crippen LogP contribution in [-0.4, -0.2) is 28.8 Å². The van der Waals surface area contributed by atoms with Crippen molar-refractivity contribution < 1.29 is 9.59 Å². The summed E-state index contributed by atoms with van der Waals surface area (Å²) in [6.07, 6.45) is 0.0352. The number of nitrogens with one attached hydrogen (secondary N) is 3. The predicted molar refractivity (Wildman–Crippen MR) is 92.2 cm³/mol. The van der Waals surface area contributed by atoms with Gasteiger partial charge in [0.1, 0.15) is 11.9 Å². The lowest BCUT2D eigenvalue weighted by Crippen LogP contribution is -2.61. The van der Waals surface area contributed by atoms with E-state index in [4.69, 9.17) is 11.6 Å². The molecule has 2 aliphatic rings. The highest BCUT2D eigenvalue weighted by atomic mass is 35.5. The molecule has 1 aromatic carbocycles. The topological polar surface area (TPSA) is 85.8 Å². The van der Waals surface area contributed by atoms with Crippen LogP contribution < -0.4 is 16.1 Å². The second kappa shape index (κ2) is 6.16. The summed E-state index contributed by atoms with van der Waals surface area (Å²) in [5.41, 5.74) is 5.42. The fraction of sp³-hybridized carbons (Fsp3) is 0.312. The fourth-order valence-electron chi connectivity index (χ4n) is 2.50. The molecule has 0 bridgehead atoms. The number of carbonyl (C=O) groups excluding carboxylic acids is 2. The largest absolute Gasteiger partial charge is 0.324 e. The Hall–Kier alpha value is -2.54. The molecule has 1 saturated heterocycles. The maximum absolute atomic E-state index is 12.7. The van der Waals surface area contributed by atoms with Crippen molar-refractivity contribution in [3.63, 3.8) is 0 Å². The number of hydrogen-bond acceptors (Lipinski definition) is 5. The lowest BCUT2D eigenvalue weighted by atomic mass is 10.1. The van der Waals surface area contributed by atoms with Gasteiger partial charge in [0.15, 0.2) is 0 Å². The first-order chi connectivity index (χ1) is 11.4. The number of carbonyl (C=O) groups is 2. The SMILES string of the molecule is CC(C)=C1N=C2NC(=O)CC(C(=O)Nc3cccc(Cl)c3C)N2N1. The minimum atomic E-state index is -0.701. The number of benzene rings is 1. The number of rotatable bonds is 2. The Morgan fingerprint density at radius 3 is 2.88 bits per heavy atom. The second-order valence-corrected chi connectivity index (χ2v) is 6.34. The molecule has 2 amide bonds. The molecule has 3 rings (SSSR count). The summed E-state index contributed by atoms with van der Waals surface area (Å²) in [5.74, 6) is 0.421. The Morgan fingerprint density at radius 2 is 2.17 bits per heavy atom. The maximum atomic E-state index is 12.7. The van der Waals surface area contributed by atoms with Gasteiger partial charge in [-0.25, -0.2) is 5.01 Å². The summed E-state index contributed by atoms with van der Waals surface area (Å²) >= 11 is 6.09. The van der Waals surface area contributed by atoms with Gasteiger partial charge in [-0.15, -0.1) is 0 Å². The summed E-state index contributed by atoms with van der Waals surface area (Å²) < 4.78 is 0. The molecule has 1 atom stereocenters. The summed E-state index contributed by atoms with van der Waals surface area (Å²) in [5, 5.41) is 7.67. The average Bonchev–Trinajstić information content (AvgIpc) is 2.95. The quantitative estimate of drug-likeness (QED) is 0.762. The predicted octanol–water partition coefficient (Wildman–Crippen LogP) is 1.90. The van der Waals surface area contributed by atoms with Gasteiger partial charge in [0.2, 0.25) is 17.8 Å². The van der Waals surface area contributed by atoms with Gasteiger partial charge < -0.3 is 5.32 Å². The normalized spacial score (nSPS) is 19.2. The van der Waals surface area contributed by atoms with Crippen LogP contribution in [0.2, 0.25) is 5.02 Å². The van der Waals surface area contributed by atoms with Crippen LogP contribution in [0, 0.1) is 6.92 Å². The number of nitrogens with zero attached hydrogens (tertiary/aromatic N) is 2. The number of amides is 2. The minimum Gasteiger partial charge on any atom is -0.324 e. The van der Waals surface area contributed by atoms with Crippen LogP contribution in [0.1, 0.15) is 25.8 Å². The van der Waals surface area contributed by atoms with E-state index >= 15 is 0 Å². The smallest absolute Gasteiger partial charge is 0.249 e. The Kier molecular flexibility index (Phi) is 4.19. The fourth-order valence-corrected chi connectivity index (χ4v) is 2.68. The standard InChI is InChI=1S/C16H18ClN5O2/c1-8(2)14-20-16-19-13(23)7-12(22(16)21-14)15(24)18-11-6-4-5-10(17)9(11)3/h4-6,12,21H,7H2,1-3H3,(H,18,24)(H,19,20,23). The van der Waals surface area contributed by atoms with E-state index in [1.807, 2.05) is 20.8 Å². The molecular weight excluding hydrogens is 330 g/mol. The van der Waals surface area contributed by atoms with Crippen LogP contribution in [0.15, 0.2) is 34.6 Å². The highest BCUT2D eigenvalue weighted by Gasteiger charge is 2.39. The molecular formula is C16H18ClN5O2. The molecule has 8 heteroatoms. The van der Waals surface area contributed by atoms with Crippen molar-refractivity contribution in [3.8, 4) is 0 Å².